The van der Waals surface area contributed by atoms with Crippen LogP contribution >= 0.6 is 0 Å². The topological polar surface area (TPSA) is 85.6 Å². The van der Waals surface area contributed by atoms with Crippen molar-refractivity contribution in [2.75, 3.05) is 6.54 Å². The Bertz CT molecular complexity index is 1020. The lowest BCUT2D eigenvalue weighted by Gasteiger charge is -2.06. The SMILES string of the molecule is CCNC(=O)c1cc2ccc(OC(=O)CCc3ccccc3)cc2oc1=O. The molecule has 0 aliphatic rings. The predicted molar refractivity (Wildman–Crippen MR) is 101 cm³/mol. The van der Waals surface area contributed by atoms with Crippen molar-refractivity contribution in [3.8, 4) is 5.75 Å². The van der Waals surface area contributed by atoms with Gasteiger partial charge in [-0.05, 0) is 37.1 Å². The van der Waals surface area contributed by atoms with Gasteiger partial charge in [-0.2, -0.15) is 0 Å². The fourth-order valence-corrected chi connectivity index (χ4v) is 2.64. The fraction of sp³-hybridized carbons (Fsp3) is 0.190. The average molecular weight is 365 g/mol. The molecule has 0 atom stereocenters. The molecule has 1 N–H and O–H groups in total. The van der Waals surface area contributed by atoms with Crippen molar-refractivity contribution in [3.05, 3.63) is 76.1 Å². The lowest BCUT2D eigenvalue weighted by atomic mass is 10.1. The summed E-state index contributed by atoms with van der Waals surface area (Å²) in [6.45, 7) is 2.17. The third-order valence-electron chi connectivity index (χ3n) is 3.98. The van der Waals surface area contributed by atoms with Crippen LogP contribution in [0.15, 0.2) is 63.8 Å². The Labute approximate surface area is 155 Å². The van der Waals surface area contributed by atoms with Crippen molar-refractivity contribution in [1.82, 2.24) is 5.32 Å². The van der Waals surface area contributed by atoms with E-state index in [-0.39, 0.29) is 29.3 Å². The Morgan fingerprint density at radius 3 is 2.59 bits per heavy atom. The minimum Gasteiger partial charge on any atom is -0.426 e. The van der Waals surface area contributed by atoms with Gasteiger partial charge in [0.25, 0.3) is 5.91 Å². The molecule has 0 fully saturated rings. The molecule has 0 spiro atoms. The third kappa shape index (κ3) is 4.61. The highest BCUT2D eigenvalue weighted by molar-refractivity contribution is 5.96. The Morgan fingerprint density at radius 1 is 1.07 bits per heavy atom. The minimum absolute atomic E-state index is 0.0584. The van der Waals surface area contributed by atoms with Crippen molar-refractivity contribution >= 4 is 22.8 Å². The number of amides is 1. The monoisotopic (exact) mass is 365 g/mol. The summed E-state index contributed by atoms with van der Waals surface area (Å²) in [6.07, 6.45) is 0.820. The van der Waals surface area contributed by atoms with Crippen LogP contribution in [0.4, 0.5) is 0 Å². The van der Waals surface area contributed by atoms with Crippen LogP contribution in [0.25, 0.3) is 11.0 Å². The van der Waals surface area contributed by atoms with Crippen LogP contribution in [0, 0.1) is 0 Å². The highest BCUT2D eigenvalue weighted by atomic mass is 16.5. The molecule has 1 amide bonds. The van der Waals surface area contributed by atoms with Crippen molar-refractivity contribution < 1.29 is 18.7 Å². The van der Waals surface area contributed by atoms with Crippen molar-refractivity contribution in [2.45, 2.75) is 19.8 Å². The summed E-state index contributed by atoms with van der Waals surface area (Å²) < 4.78 is 10.5. The first-order valence-electron chi connectivity index (χ1n) is 8.67. The number of rotatable bonds is 6. The normalized spacial score (nSPS) is 10.6. The Balaban J connectivity index is 1.72. The van der Waals surface area contributed by atoms with Crippen LogP contribution in [0.3, 0.4) is 0 Å². The molecule has 6 heteroatoms. The van der Waals surface area contributed by atoms with Gasteiger partial charge in [0.1, 0.15) is 16.9 Å². The molecule has 0 saturated heterocycles. The lowest BCUT2D eigenvalue weighted by molar-refractivity contribution is -0.134. The average Bonchev–Trinajstić information content (AvgIpc) is 2.67. The Kier molecular flexibility index (Phi) is 5.66. The molecule has 3 rings (SSSR count). The van der Waals surface area contributed by atoms with Gasteiger partial charge in [0.15, 0.2) is 0 Å². The van der Waals surface area contributed by atoms with Crippen molar-refractivity contribution in [1.29, 1.82) is 0 Å². The maximum absolute atomic E-state index is 12.0. The standard InChI is InChI=1S/C21H19NO5/c1-2-22-20(24)17-12-15-9-10-16(13-18(15)27-21(17)25)26-19(23)11-8-14-6-4-3-5-7-14/h3-7,9-10,12-13H,2,8,11H2,1H3,(H,22,24). The molecule has 6 nitrogen and oxygen atoms in total. The van der Waals surface area contributed by atoms with E-state index in [2.05, 4.69) is 5.32 Å². The third-order valence-corrected chi connectivity index (χ3v) is 3.98. The van der Waals surface area contributed by atoms with Gasteiger partial charge in [-0.25, -0.2) is 4.79 Å². The van der Waals surface area contributed by atoms with Crippen LogP contribution in [0.5, 0.6) is 5.75 Å². The van der Waals surface area contributed by atoms with E-state index >= 15 is 0 Å². The van der Waals surface area contributed by atoms with E-state index in [0.717, 1.165) is 5.56 Å². The zero-order valence-corrected chi connectivity index (χ0v) is 14.9. The second kappa shape index (κ2) is 8.31. The zero-order valence-electron chi connectivity index (χ0n) is 14.9. The van der Waals surface area contributed by atoms with Gasteiger partial charge < -0.3 is 14.5 Å². The van der Waals surface area contributed by atoms with E-state index in [1.54, 1.807) is 19.1 Å². The zero-order chi connectivity index (χ0) is 19.2. The van der Waals surface area contributed by atoms with Crippen LogP contribution in [-0.2, 0) is 11.2 Å². The predicted octanol–water partition coefficient (Wildman–Crippen LogP) is 3.08. The molecule has 0 radical (unpaired) electrons. The molecule has 27 heavy (non-hydrogen) atoms. The smallest absolute Gasteiger partial charge is 0.349 e. The van der Waals surface area contributed by atoms with Crippen molar-refractivity contribution in [3.63, 3.8) is 0 Å². The molecule has 0 unspecified atom stereocenters. The molecule has 0 aliphatic heterocycles. The maximum atomic E-state index is 12.0. The fourth-order valence-electron chi connectivity index (χ4n) is 2.64. The molecule has 0 saturated carbocycles. The van der Waals surface area contributed by atoms with E-state index in [9.17, 15) is 14.4 Å². The summed E-state index contributed by atoms with van der Waals surface area (Å²) >= 11 is 0. The number of esters is 1. The van der Waals surface area contributed by atoms with Crippen LogP contribution in [0.1, 0.15) is 29.3 Å². The van der Waals surface area contributed by atoms with Gasteiger partial charge in [-0.1, -0.05) is 30.3 Å². The van der Waals surface area contributed by atoms with Crippen LogP contribution < -0.4 is 15.7 Å². The maximum Gasteiger partial charge on any atom is 0.349 e. The van der Waals surface area contributed by atoms with E-state index in [1.807, 2.05) is 30.3 Å². The Morgan fingerprint density at radius 2 is 1.85 bits per heavy atom. The molecule has 1 heterocycles. The highest BCUT2D eigenvalue weighted by Crippen LogP contribution is 2.21. The Hall–Kier alpha value is -3.41. The molecule has 2 aromatic carbocycles. The molecule has 3 aromatic rings. The van der Waals surface area contributed by atoms with Crippen LogP contribution in [-0.4, -0.2) is 18.4 Å². The van der Waals surface area contributed by atoms with Gasteiger partial charge in [0.05, 0.1) is 0 Å². The quantitative estimate of drug-likeness (QED) is 0.412. The number of benzene rings is 2. The number of aryl methyl sites for hydroxylation is 1. The molecule has 0 bridgehead atoms. The van der Waals surface area contributed by atoms with Gasteiger partial charge in [0, 0.05) is 24.4 Å². The number of hydrogen-bond donors (Lipinski definition) is 1. The summed E-state index contributed by atoms with van der Waals surface area (Å²) in [4.78, 5) is 35.9. The van der Waals surface area contributed by atoms with E-state index in [1.165, 1.54) is 12.1 Å². The second-order valence-corrected chi connectivity index (χ2v) is 5.97. The van der Waals surface area contributed by atoms with E-state index in [0.29, 0.717) is 18.4 Å². The minimum atomic E-state index is -0.735. The number of nitrogens with one attached hydrogen (secondary N) is 1. The first-order valence-corrected chi connectivity index (χ1v) is 8.67. The molecular formula is C21H19NO5. The van der Waals surface area contributed by atoms with Gasteiger partial charge in [-0.3, -0.25) is 9.59 Å². The second-order valence-electron chi connectivity index (χ2n) is 5.97. The van der Waals surface area contributed by atoms with Gasteiger partial charge in [0.2, 0.25) is 0 Å². The van der Waals surface area contributed by atoms with Crippen LogP contribution in [0.2, 0.25) is 0 Å². The lowest BCUT2D eigenvalue weighted by Crippen LogP contribution is -2.27. The number of ether oxygens (including phenoxy) is 1. The van der Waals surface area contributed by atoms with E-state index < -0.39 is 11.5 Å². The molecule has 138 valence electrons. The summed E-state index contributed by atoms with van der Waals surface area (Å²) in [5.74, 6) is -0.571. The number of hydrogen-bond acceptors (Lipinski definition) is 5. The first-order chi connectivity index (χ1) is 13.1. The summed E-state index contributed by atoms with van der Waals surface area (Å²) in [7, 11) is 0. The summed E-state index contributed by atoms with van der Waals surface area (Å²) in [6, 6.07) is 15.8. The number of carbonyl (C=O) groups is 2. The first kappa shape index (κ1) is 18.4. The summed E-state index contributed by atoms with van der Waals surface area (Å²) in [5, 5.41) is 3.13. The number of carbonyl (C=O) groups excluding carboxylic acids is 2. The van der Waals surface area contributed by atoms with E-state index in [4.69, 9.17) is 9.15 Å². The molecular weight excluding hydrogens is 346 g/mol. The molecule has 0 aliphatic carbocycles. The number of fused-ring (bicyclic) bond motifs is 1. The largest absolute Gasteiger partial charge is 0.426 e. The van der Waals surface area contributed by atoms with Gasteiger partial charge in [-0.15, -0.1) is 0 Å². The van der Waals surface area contributed by atoms with Gasteiger partial charge >= 0.3 is 11.6 Å². The summed E-state index contributed by atoms with van der Waals surface area (Å²) in [5.41, 5.74) is 0.510. The van der Waals surface area contributed by atoms with Crippen molar-refractivity contribution in [2.24, 2.45) is 0 Å². The molecule has 1 aromatic heterocycles. The highest BCUT2D eigenvalue weighted by Gasteiger charge is 2.14.